The fourth-order valence-corrected chi connectivity index (χ4v) is 1.22. The van der Waals surface area contributed by atoms with E-state index in [9.17, 15) is 9.90 Å². The number of hydrogen-bond donors (Lipinski definition) is 2. The molecule has 4 heteroatoms. The summed E-state index contributed by atoms with van der Waals surface area (Å²) in [7, 11) is 1.55. The van der Waals surface area contributed by atoms with Gasteiger partial charge in [0.25, 0.3) is 0 Å². The lowest BCUT2D eigenvalue weighted by atomic mass is 9.98. The van der Waals surface area contributed by atoms with Gasteiger partial charge in [-0.3, -0.25) is 4.79 Å². The lowest BCUT2D eigenvalue weighted by molar-refractivity contribution is -0.145. The minimum atomic E-state index is -1.02. The zero-order valence-electron chi connectivity index (χ0n) is 8.68. The Morgan fingerprint density at radius 2 is 1.87 bits per heavy atom. The van der Waals surface area contributed by atoms with Crippen molar-refractivity contribution in [2.45, 2.75) is 13.0 Å². The van der Waals surface area contributed by atoms with Crippen molar-refractivity contribution in [3.63, 3.8) is 0 Å². The Hall–Kier alpha value is -1.55. The molecule has 0 radical (unpaired) electrons. The molecule has 0 saturated carbocycles. The monoisotopic (exact) mass is 210 g/mol. The van der Waals surface area contributed by atoms with Crippen LogP contribution in [0.1, 0.15) is 18.6 Å². The van der Waals surface area contributed by atoms with Crippen molar-refractivity contribution in [2.75, 3.05) is 7.11 Å². The SMILES string of the molecule is COc1ccc([C@H](O)[C@H](C)C(=O)O)cc1. The van der Waals surface area contributed by atoms with Crippen LogP contribution in [0.4, 0.5) is 0 Å². The molecule has 0 unspecified atom stereocenters. The lowest BCUT2D eigenvalue weighted by Gasteiger charge is -2.15. The molecule has 0 aromatic heterocycles. The molecule has 2 atom stereocenters. The van der Waals surface area contributed by atoms with Crippen molar-refractivity contribution in [2.24, 2.45) is 5.92 Å². The molecule has 0 amide bonds. The van der Waals surface area contributed by atoms with Crippen molar-refractivity contribution in [3.8, 4) is 5.75 Å². The van der Waals surface area contributed by atoms with Crippen molar-refractivity contribution < 1.29 is 19.7 Å². The van der Waals surface area contributed by atoms with Gasteiger partial charge in [0, 0.05) is 0 Å². The highest BCUT2D eigenvalue weighted by Crippen LogP contribution is 2.23. The molecule has 0 bridgehead atoms. The van der Waals surface area contributed by atoms with Crippen molar-refractivity contribution in [1.82, 2.24) is 0 Å². The van der Waals surface area contributed by atoms with Crippen LogP contribution in [0, 0.1) is 5.92 Å². The van der Waals surface area contributed by atoms with Crippen molar-refractivity contribution in [3.05, 3.63) is 29.8 Å². The first-order valence-electron chi connectivity index (χ1n) is 4.61. The highest BCUT2D eigenvalue weighted by molar-refractivity contribution is 5.70. The van der Waals surface area contributed by atoms with E-state index in [0.29, 0.717) is 11.3 Å². The van der Waals surface area contributed by atoms with Gasteiger partial charge in [-0.15, -0.1) is 0 Å². The molecule has 4 nitrogen and oxygen atoms in total. The van der Waals surface area contributed by atoms with Gasteiger partial charge in [-0.2, -0.15) is 0 Å². The molecule has 2 N–H and O–H groups in total. The van der Waals surface area contributed by atoms with Crippen LogP contribution < -0.4 is 4.74 Å². The number of aliphatic hydroxyl groups is 1. The number of aliphatic carboxylic acids is 1. The first-order valence-corrected chi connectivity index (χ1v) is 4.61. The number of benzene rings is 1. The van der Waals surface area contributed by atoms with Crippen LogP contribution in [0.15, 0.2) is 24.3 Å². The van der Waals surface area contributed by atoms with Crippen LogP contribution in [-0.4, -0.2) is 23.3 Å². The number of carboxylic acids is 1. The topological polar surface area (TPSA) is 66.8 Å². The zero-order valence-corrected chi connectivity index (χ0v) is 8.68. The largest absolute Gasteiger partial charge is 0.497 e. The van der Waals surface area contributed by atoms with Crippen LogP contribution in [-0.2, 0) is 4.79 Å². The number of carboxylic acid groups (broad SMARTS) is 1. The Kier molecular flexibility index (Phi) is 3.68. The molecule has 0 spiro atoms. The minimum absolute atomic E-state index is 0.575. The van der Waals surface area contributed by atoms with E-state index in [1.807, 2.05) is 0 Å². The second kappa shape index (κ2) is 4.79. The molecule has 15 heavy (non-hydrogen) atoms. The van der Waals surface area contributed by atoms with Gasteiger partial charge in [0.2, 0.25) is 0 Å². The maximum absolute atomic E-state index is 10.7. The Morgan fingerprint density at radius 3 is 2.27 bits per heavy atom. The van der Waals surface area contributed by atoms with E-state index in [2.05, 4.69) is 0 Å². The zero-order chi connectivity index (χ0) is 11.4. The number of rotatable bonds is 4. The smallest absolute Gasteiger partial charge is 0.309 e. The van der Waals surface area contributed by atoms with Gasteiger partial charge in [0.1, 0.15) is 5.75 Å². The predicted octanol–water partition coefficient (Wildman–Crippen LogP) is 1.45. The van der Waals surface area contributed by atoms with E-state index < -0.39 is 18.0 Å². The summed E-state index contributed by atoms with van der Waals surface area (Å²) in [5.41, 5.74) is 0.575. The van der Waals surface area contributed by atoms with Crippen molar-refractivity contribution >= 4 is 5.97 Å². The normalized spacial score (nSPS) is 14.3. The van der Waals surface area contributed by atoms with Gasteiger partial charge in [-0.1, -0.05) is 12.1 Å². The fraction of sp³-hybridized carbons (Fsp3) is 0.364. The van der Waals surface area contributed by atoms with E-state index >= 15 is 0 Å². The summed E-state index contributed by atoms with van der Waals surface area (Å²) in [5.74, 6) is -1.16. The Morgan fingerprint density at radius 1 is 1.33 bits per heavy atom. The van der Waals surface area contributed by atoms with E-state index in [0.717, 1.165) is 0 Å². The maximum atomic E-state index is 10.7. The Labute approximate surface area is 88.1 Å². The first-order chi connectivity index (χ1) is 7.06. The summed E-state index contributed by atoms with van der Waals surface area (Å²) >= 11 is 0. The van der Waals surface area contributed by atoms with Gasteiger partial charge in [0.15, 0.2) is 0 Å². The van der Waals surface area contributed by atoms with Gasteiger partial charge < -0.3 is 14.9 Å². The highest BCUT2D eigenvalue weighted by Gasteiger charge is 2.22. The second-order valence-corrected chi connectivity index (χ2v) is 3.34. The lowest BCUT2D eigenvalue weighted by Crippen LogP contribution is -2.18. The molecule has 0 aliphatic rings. The third-order valence-electron chi connectivity index (χ3n) is 2.32. The van der Waals surface area contributed by atoms with Crippen LogP contribution in [0.2, 0.25) is 0 Å². The van der Waals surface area contributed by atoms with Gasteiger partial charge in [-0.05, 0) is 24.6 Å². The predicted molar refractivity (Wildman–Crippen MR) is 54.8 cm³/mol. The standard InChI is InChI=1S/C11H14O4/c1-7(11(13)14)10(12)8-3-5-9(15-2)6-4-8/h3-7,10,12H,1-2H3,(H,13,14)/t7-,10+/m0/s1. The molecular formula is C11H14O4. The van der Waals surface area contributed by atoms with Crippen LogP contribution >= 0.6 is 0 Å². The molecule has 1 aromatic carbocycles. The van der Waals surface area contributed by atoms with Gasteiger partial charge >= 0.3 is 5.97 Å². The Balaban J connectivity index is 2.82. The quantitative estimate of drug-likeness (QED) is 0.789. The summed E-state index contributed by atoms with van der Waals surface area (Å²) in [5, 5.41) is 18.4. The molecule has 0 aliphatic carbocycles. The average Bonchev–Trinajstić information content (AvgIpc) is 2.27. The summed E-state index contributed by atoms with van der Waals surface area (Å²) in [6, 6.07) is 6.69. The molecule has 0 aliphatic heterocycles. The highest BCUT2D eigenvalue weighted by atomic mass is 16.5. The third kappa shape index (κ3) is 2.70. The van der Waals surface area contributed by atoms with E-state index in [-0.39, 0.29) is 0 Å². The third-order valence-corrected chi connectivity index (χ3v) is 2.32. The van der Waals surface area contributed by atoms with Crippen molar-refractivity contribution in [1.29, 1.82) is 0 Å². The average molecular weight is 210 g/mol. The van der Waals surface area contributed by atoms with E-state index in [1.54, 1.807) is 31.4 Å². The van der Waals surface area contributed by atoms with Gasteiger partial charge in [-0.25, -0.2) is 0 Å². The fourth-order valence-electron chi connectivity index (χ4n) is 1.22. The molecular weight excluding hydrogens is 196 g/mol. The number of hydrogen-bond acceptors (Lipinski definition) is 3. The first kappa shape index (κ1) is 11.5. The van der Waals surface area contributed by atoms with Gasteiger partial charge in [0.05, 0.1) is 19.1 Å². The van der Waals surface area contributed by atoms with Crippen LogP contribution in [0.25, 0.3) is 0 Å². The molecule has 1 aromatic rings. The Bertz CT molecular complexity index is 331. The number of ether oxygens (including phenoxy) is 1. The number of carbonyl (C=O) groups is 1. The number of aliphatic hydroxyl groups excluding tert-OH is 1. The van der Waals surface area contributed by atoms with E-state index in [1.165, 1.54) is 6.92 Å². The second-order valence-electron chi connectivity index (χ2n) is 3.34. The van der Waals surface area contributed by atoms with Crippen LogP contribution in [0.3, 0.4) is 0 Å². The molecule has 0 saturated heterocycles. The minimum Gasteiger partial charge on any atom is -0.497 e. The maximum Gasteiger partial charge on any atom is 0.309 e. The molecule has 0 fully saturated rings. The van der Waals surface area contributed by atoms with E-state index in [4.69, 9.17) is 9.84 Å². The molecule has 82 valence electrons. The summed E-state index contributed by atoms with van der Waals surface area (Å²) in [6.45, 7) is 1.47. The molecule has 0 heterocycles. The number of methoxy groups -OCH3 is 1. The summed E-state index contributed by atoms with van der Waals surface area (Å²) in [4.78, 5) is 10.7. The molecule has 1 rings (SSSR count). The summed E-state index contributed by atoms with van der Waals surface area (Å²) < 4.78 is 4.96. The van der Waals surface area contributed by atoms with Crippen LogP contribution in [0.5, 0.6) is 5.75 Å². The summed E-state index contributed by atoms with van der Waals surface area (Å²) in [6.07, 6.45) is -0.992.